The Morgan fingerprint density at radius 1 is 0.500 bits per heavy atom. The Balaban J connectivity index is 1.38. The Kier molecular flexibility index (Phi) is 9.16. The van der Waals surface area contributed by atoms with Crippen molar-refractivity contribution >= 4 is 49.4 Å². The van der Waals surface area contributed by atoms with Crippen LogP contribution in [-0.4, -0.2) is 12.4 Å². The molecule has 0 amide bonds. The number of allylic oxidation sites excluding steroid dienone is 1. The fourth-order valence-corrected chi connectivity index (χ4v) is 11.8. The summed E-state index contributed by atoms with van der Waals surface area (Å²) in [5.74, 6) is -0.0211. The summed E-state index contributed by atoms with van der Waals surface area (Å²) in [4.78, 5) is 14.1. The summed E-state index contributed by atoms with van der Waals surface area (Å²) < 4.78 is 0. The van der Waals surface area contributed by atoms with Crippen LogP contribution in [0.4, 0.5) is 0 Å². The van der Waals surface area contributed by atoms with E-state index in [-0.39, 0.29) is 5.92 Å². The van der Waals surface area contributed by atoms with E-state index in [0.717, 1.165) is 29.0 Å². The van der Waals surface area contributed by atoms with Crippen LogP contribution in [0.3, 0.4) is 0 Å². The molecule has 2 atom stereocenters. The Labute approximate surface area is 275 Å². The van der Waals surface area contributed by atoms with Gasteiger partial charge in [-0.25, -0.2) is 0 Å². The summed E-state index contributed by atoms with van der Waals surface area (Å²) in [7, 11) is -1.41. The molecule has 1 aliphatic carbocycles. The highest BCUT2D eigenvalue weighted by atomic mass is 31.1. The quantitative estimate of drug-likeness (QED) is 0.110. The predicted octanol–water partition coefficient (Wildman–Crippen LogP) is 8.58. The van der Waals surface area contributed by atoms with E-state index in [1.54, 1.807) is 0 Å². The van der Waals surface area contributed by atoms with Gasteiger partial charge in [0.15, 0.2) is 0 Å². The molecule has 1 aliphatic rings. The molecule has 0 fully saturated rings. The van der Waals surface area contributed by atoms with E-state index in [9.17, 15) is 4.79 Å². The van der Waals surface area contributed by atoms with E-state index < -0.39 is 21.3 Å². The average molecular weight is 631 g/mol. The molecule has 0 N–H and O–H groups in total. The molecule has 0 radical (unpaired) electrons. The van der Waals surface area contributed by atoms with Gasteiger partial charge in [-0.3, -0.25) is 0 Å². The van der Waals surface area contributed by atoms with Gasteiger partial charge in [0.1, 0.15) is 6.29 Å². The normalized spacial score (nSPS) is 17.1. The zero-order chi connectivity index (χ0) is 31.2. The smallest absolute Gasteiger partial charge is 0.135 e. The van der Waals surface area contributed by atoms with Crippen molar-refractivity contribution in [3.05, 3.63) is 198 Å². The van der Waals surface area contributed by atoms with E-state index in [4.69, 9.17) is 0 Å². The van der Waals surface area contributed by atoms with Crippen LogP contribution in [0.2, 0.25) is 0 Å². The number of carbonyl (C=O) groups excluding carboxylic acids is 1. The minimum Gasteiger partial charge on any atom is -0.302 e. The molecule has 0 spiro atoms. The molecule has 46 heavy (non-hydrogen) atoms. The van der Waals surface area contributed by atoms with Crippen LogP contribution < -0.4 is 21.2 Å². The number of aldehydes is 1. The van der Waals surface area contributed by atoms with Gasteiger partial charge in [0.2, 0.25) is 0 Å². The number of benzene rings is 6. The van der Waals surface area contributed by atoms with Crippen molar-refractivity contribution in [2.75, 3.05) is 6.16 Å². The van der Waals surface area contributed by atoms with Crippen LogP contribution in [0.1, 0.15) is 22.3 Å². The largest absolute Gasteiger partial charge is 0.302 e. The molecule has 0 saturated carbocycles. The van der Waals surface area contributed by atoms with Gasteiger partial charge < -0.3 is 4.79 Å². The fraction of sp³-hybridized carbons (Fsp3) is 0.0930. The summed E-state index contributed by atoms with van der Waals surface area (Å²) in [5, 5.41) is 5.35. The third kappa shape index (κ3) is 5.94. The minimum atomic E-state index is -0.819. The maximum absolute atomic E-state index is 14.1. The van der Waals surface area contributed by atoms with E-state index >= 15 is 0 Å². The lowest BCUT2D eigenvalue weighted by Crippen LogP contribution is -2.43. The summed E-state index contributed by atoms with van der Waals surface area (Å²) in [6.45, 7) is 0. The Morgan fingerprint density at radius 2 is 0.935 bits per heavy atom. The number of rotatable bonds is 10. The first kappa shape index (κ1) is 30.3. The van der Waals surface area contributed by atoms with Crippen LogP contribution >= 0.6 is 15.8 Å². The van der Waals surface area contributed by atoms with Crippen LogP contribution in [0.25, 0.3) is 6.08 Å². The van der Waals surface area contributed by atoms with Gasteiger partial charge >= 0.3 is 0 Å². The van der Waals surface area contributed by atoms with E-state index in [1.807, 2.05) is 0 Å². The summed E-state index contributed by atoms with van der Waals surface area (Å²) >= 11 is 0. The highest BCUT2D eigenvalue weighted by Crippen LogP contribution is 2.51. The molecular formula is C43H36OP2. The third-order valence-corrected chi connectivity index (χ3v) is 14.2. The minimum absolute atomic E-state index is 0.0211. The zero-order valence-corrected chi connectivity index (χ0v) is 27.5. The molecule has 6 aromatic rings. The van der Waals surface area contributed by atoms with Crippen molar-refractivity contribution in [3.63, 3.8) is 0 Å². The number of carbonyl (C=O) groups is 1. The van der Waals surface area contributed by atoms with Crippen molar-refractivity contribution in [1.82, 2.24) is 0 Å². The first-order chi connectivity index (χ1) is 22.8. The van der Waals surface area contributed by atoms with Crippen LogP contribution in [-0.2, 0) is 16.4 Å². The monoisotopic (exact) mass is 630 g/mol. The third-order valence-electron chi connectivity index (χ3n) is 9.13. The highest BCUT2D eigenvalue weighted by Gasteiger charge is 2.46. The van der Waals surface area contributed by atoms with Crippen molar-refractivity contribution in [1.29, 1.82) is 0 Å². The molecule has 7 rings (SSSR count). The predicted molar refractivity (Wildman–Crippen MR) is 199 cm³/mol. The molecular weight excluding hydrogens is 594 g/mol. The van der Waals surface area contributed by atoms with Crippen molar-refractivity contribution in [2.45, 2.75) is 11.6 Å². The van der Waals surface area contributed by atoms with Crippen LogP contribution in [0.5, 0.6) is 0 Å². The summed E-state index contributed by atoms with van der Waals surface area (Å²) in [5.41, 5.74) is 3.78. The van der Waals surface area contributed by atoms with Gasteiger partial charge in [0.25, 0.3) is 0 Å². The van der Waals surface area contributed by atoms with Crippen molar-refractivity contribution < 1.29 is 4.79 Å². The molecule has 3 heteroatoms. The second kappa shape index (κ2) is 13.9. The molecule has 0 bridgehead atoms. The molecule has 6 aromatic carbocycles. The second-order valence-corrected chi connectivity index (χ2v) is 16.2. The Bertz CT molecular complexity index is 1840. The van der Waals surface area contributed by atoms with Crippen molar-refractivity contribution in [2.24, 2.45) is 5.92 Å². The second-order valence-electron chi connectivity index (χ2n) is 11.7. The lowest BCUT2D eigenvalue weighted by Gasteiger charge is -2.42. The number of hydrogen-bond donors (Lipinski definition) is 0. The SMILES string of the molecule is O=CC1(c2ccccc2CP(c2ccccc2)c2ccccc2)c2ccccc2C=CC1CP(c1ccccc1)c1ccccc1. The zero-order valence-electron chi connectivity index (χ0n) is 25.7. The topological polar surface area (TPSA) is 17.1 Å². The van der Waals surface area contributed by atoms with Gasteiger partial charge in [-0.05, 0) is 65.5 Å². The van der Waals surface area contributed by atoms with E-state index in [1.165, 1.54) is 33.1 Å². The van der Waals surface area contributed by atoms with Gasteiger partial charge in [0, 0.05) is 12.1 Å². The molecule has 0 aliphatic heterocycles. The van der Waals surface area contributed by atoms with Gasteiger partial charge in [-0.1, -0.05) is 182 Å². The van der Waals surface area contributed by atoms with Gasteiger partial charge in [-0.15, -0.1) is 0 Å². The standard InChI is InChI=1S/C43H36OP2/c44-33-43(42-28-16-14-18-35(42)31-45(37-19-5-1-6-20-37)38-21-7-2-8-22-38)36(30-29-34-17-13-15-27-41(34)43)32-46(39-23-9-3-10-24-39)40-25-11-4-12-26-40/h1-30,33,36H,31-32H2. The summed E-state index contributed by atoms with van der Waals surface area (Å²) in [6.07, 6.45) is 7.57. The molecule has 224 valence electrons. The maximum Gasteiger partial charge on any atom is 0.135 e. The Hall–Kier alpha value is -4.41. The molecule has 1 nitrogen and oxygen atoms in total. The first-order valence-electron chi connectivity index (χ1n) is 15.9. The van der Waals surface area contributed by atoms with E-state index in [0.29, 0.717) is 0 Å². The number of fused-ring (bicyclic) bond motifs is 1. The maximum atomic E-state index is 14.1. The Morgan fingerprint density at radius 3 is 1.46 bits per heavy atom. The van der Waals surface area contributed by atoms with Crippen LogP contribution in [0, 0.1) is 5.92 Å². The van der Waals surface area contributed by atoms with Crippen LogP contribution in [0.15, 0.2) is 176 Å². The molecule has 0 saturated heterocycles. The molecule has 0 aromatic heterocycles. The molecule has 0 heterocycles. The summed E-state index contributed by atoms with van der Waals surface area (Å²) in [6, 6.07) is 60.7. The average Bonchev–Trinajstić information content (AvgIpc) is 3.14. The van der Waals surface area contributed by atoms with E-state index in [2.05, 4.69) is 182 Å². The first-order valence-corrected chi connectivity index (χ1v) is 18.9. The van der Waals surface area contributed by atoms with Gasteiger partial charge in [-0.2, -0.15) is 0 Å². The molecule has 2 unspecified atom stereocenters. The highest BCUT2D eigenvalue weighted by molar-refractivity contribution is 7.73. The van der Waals surface area contributed by atoms with Crippen molar-refractivity contribution in [3.8, 4) is 0 Å². The number of hydrogen-bond acceptors (Lipinski definition) is 1. The lowest BCUT2D eigenvalue weighted by atomic mass is 9.62. The van der Waals surface area contributed by atoms with Gasteiger partial charge in [0.05, 0.1) is 5.41 Å². The fourth-order valence-electron chi connectivity index (χ4n) is 6.91. The lowest BCUT2D eigenvalue weighted by molar-refractivity contribution is -0.112.